The molecule has 3 fully saturated rings. The Kier molecular flexibility index (Phi) is 44.2. The molecule has 3 aliphatic rings. The van der Waals surface area contributed by atoms with Crippen LogP contribution in [0.25, 0.3) is 22.3 Å². The van der Waals surface area contributed by atoms with Crippen molar-refractivity contribution < 1.29 is 111 Å². The van der Waals surface area contributed by atoms with Gasteiger partial charge in [-0.05, 0) is 138 Å². The molecule has 3 aliphatic heterocycles. The van der Waals surface area contributed by atoms with Gasteiger partial charge in [-0.3, -0.25) is 86.3 Å². The molecular weight excluding hydrogens is 1820 g/mol. The number of likely N-dealkylation sites (N-methyl/N-ethyl adjacent to an activating group) is 2. The van der Waals surface area contributed by atoms with Crippen LogP contribution in [0.15, 0.2) is 140 Å². The second-order valence-electron chi connectivity index (χ2n) is 35.2. The third-order valence-corrected chi connectivity index (χ3v) is 25.4. The van der Waals surface area contributed by atoms with E-state index in [2.05, 4.69) is 63.8 Å². The van der Waals surface area contributed by atoms with E-state index in [0.717, 1.165) is 62.6 Å². The van der Waals surface area contributed by atoms with Crippen LogP contribution < -0.4 is 69.5 Å². The van der Waals surface area contributed by atoms with Gasteiger partial charge in [0.05, 0.1) is 44.3 Å². The number of aliphatic carboxylic acids is 1. The Labute approximate surface area is 812 Å². The Morgan fingerprint density at radius 3 is 1.44 bits per heavy atom. The number of fused-ring (bicyclic) bond motifs is 2. The summed E-state index contributed by atoms with van der Waals surface area (Å²) in [5, 5.41) is 63.9. The van der Waals surface area contributed by atoms with E-state index < -0.39 is 234 Å². The molecule has 5 aromatic carbocycles. The fourth-order valence-corrected chi connectivity index (χ4v) is 16.9. The molecule has 0 spiro atoms. The number of ether oxygens (including phenoxy) is 2. The zero-order valence-electron chi connectivity index (χ0n) is 80.1. The predicted octanol–water partition coefficient (Wildman–Crippen LogP) is -0.0474. The Morgan fingerprint density at radius 2 is 0.928 bits per heavy atom. The SMILES string of the molecule is CCOCCOCCC(=O)NCCCC[C@H](NC(=O)CNC(=O)[C@@H]1CSCC(=O)N[C@@H](Cc2ccccc2)C(=O)N[C@@H](C(C)C)C(=O)N2CCC[C@H]2C(=O)N[C@@H]([C@@H](C)O)C(=O)N[C@@H]([C@@H](C)O)C(=O)N[C@@H](Cc2ccc(-c3ccccc3)cc2)C(=O)N(C)[C@@H](C)C(=O)N[C@@H](Cc2ccc(-c3ccccc3)cc2)C(=O)N(C)[C@@H](C)C(=O)N[C@@H](CCC(=O)O)C(=O)N[C@@H](C)C(=O)N2CCC[C@H]2C(=O)N1)C(N)=O. The molecule has 3 saturated heterocycles. The van der Waals surface area contributed by atoms with Crippen molar-refractivity contribution in [1.29, 1.82) is 0 Å². The van der Waals surface area contributed by atoms with E-state index in [1.54, 1.807) is 92.7 Å². The van der Waals surface area contributed by atoms with Crippen molar-refractivity contribution in [3.05, 3.63) is 156 Å². The molecular formula is C98H133N17O23S. The number of nitrogens with zero attached hydrogens (tertiary/aromatic N) is 4. The van der Waals surface area contributed by atoms with Crippen LogP contribution in [-0.4, -0.2) is 316 Å². The normalized spacial score (nSPS) is 23.5. The van der Waals surface area contributed by atoms with Gasteiger partial charge in [0.15, 0.2) is 0 Å². The number of aliphatic hydroxyl groups is 2. The number of nitrogens with two attached hydrogens (primary N) is 1. The van der Waals surface area contributed by atoms with Crippen molar-refractivity contribution in [2.75, 3.05) is 78.2 Å². The lowest BCUT2D eigenvalue weighted by Gasteiger charge is -2.33. The lowest BCUT2D eigenvalue weighted by molar-refractivity contribution is -0.145. The first kappa shape index (κ1) is 111. The topological polar surface area (TPSA) is 570 Å². The molecule has 0 aromatic heterocycles. The maximum absolute atomic E-state index is 15.3. The minimum atomic E-state index is -1.94. The molecule has 0 bridgehead atoms. The third kappa shape index (κ3) is 34.1. The smallest absolute Gasteiger partial charge is 0.303 e. The lowest BCUT2D eigenvalue weighted by atomic mass is 9.99. The highest BCUT2D eigenvalue weighted by Crippen LogP contribution is 2.27. The van der Waals surface area contributed by atoms with E-state index in [1.165, 1.54) is 39.8 Å². The zero-order valence-corrected chi connectivity index (χ0v) is 81.0. The number of hydrogen-bond donors (Lipinski definition) is 16. The molecule has 17 N–H and O–H groups in total. The van der Waals surface area contributed by atoms with E-state index in [-0.39, 0.29) is 89.9 Å². The van der Waals surface area contributed by atoms with Gasteiger partial charge in [0.25, 0.3) is 0 Å². The van der Waals surface area contributed by atoms with Gasteiger partial charge in [-0.1, -0.05) is 153 Å². The fraction of sp³-hybridized carbons (Fsp3) is 0.510. The quantitative estimate of drug-likeness (QED) is 0.0259. The molecule has 3 heterocycles. The minimum absolute atomic E-state index is 0.00932. The van der Waals surface area contributed by atoms with Crippen LogP contribution in [0.1, 0.15) is 136 Å². The molecule has 754 valence electrons. The number of nitrogens with one attached hydrogen (secondary N) is 12. The largest absolute Gasteiger partial charge is 0.481 e. The second-order valence-corrected chi connectivity index (χ2v) is 36.3. The van der Waals surface area contributed by atoms with Crippen LogP contribution >= 0.6 is 11.8 Å². The van der Waals surface area contributed by atoms with Crippen molar-refractivity contribution in [1.82, 2.24) is 83.4 Å². The number of thioether (sulfide) groups is 1. The Balaban J connectivity index is 1.11. The first-order valence-electron chi connectivity index (χ1n) is 46.9. The predicted molar refractivity (Wildman–Crippen MR) is 514 cm³/mol. The van der Waals surface area contributed by atoms with E-state index in [1.807, 2.05) is 67.6 Å². The molecule has 16 atom stereocenters. The maximum atomic E-state index is 15.3. The molecule has 0 unspecified atom stereocenters. The summed E-state index contributed by atoms with van der Waals surface area (Å²) < 4.78 is 10.6. The van der Waals surface area contributed by atoms with E-state index in [4.69, 9.17) is 15.2 Å². The maximum Gasteiger partial charge on any atom is 0.303 e. The molecule has 139 heavy (non-hydrogen) atoms. The number of carboxylic acid groups (broad SMARTS) is 1. The third-order valence-electron chi connectivity index (χ3n) is 24.4. The van der Waals surface area contributed by atoms with Crippen LogP contribution in [0.3, 0.4) is 0 Å². The minimum Gasteiger partial charge on any atom is -0.481 e. The number of aliphatic hydroxyl groups excluding tert-OH is 2. The Hall–Kier alpha value is -13.3. The highest BCUT2D eigenvalue weighted by atomic mass is 32.2. The molecule has 5 aromatic rings. The van der Waals surface area contributed by atoms with Gasteiger partial charge >= 0.3 is 5.97 Å². The average Bonchev–Trinajstić information content (AvgIpc) is 1.69. The number of benzene rings is 5. The molecule has 8 rings (SSSR count). The van der Waals surface area contributed by atoms with Gasteiger partial charge in [0.2, 0.25) is 100 Å². The van der Waals surface area contributed by atoms with Gasteiger partial charge in [-0.2, -0.15) is 0 Å². The summed E-state index contributed by atoms with van der Waals surface area (Å²) in [5.41, 5.74) is 10.5. The van der Waals surface area contributed by atoms with Gasteiger partial charge < -0.3 is 114 Å². The molecule has 17 amide bonds. The molecule has 0 radical (unpaired) electrons. The van der Waals surface area contributed by atoms with Gasteiger partial charge in [0.1, 0.15) is 84.6 Å². The fourth-order valence-electron chi connectivity index (χ4n) is 16.0. The number of amides is 17. The number of carboxylic acids is 1. The van der Waals surface area contributed by atoms with Gasteiger partial charge in [-0.25, -0.2) is 0 Å². The number of primary amides is 1. The number of hydrogen-bond acceptors (Lipinski definition) is 23. The van der Waals surface area contributed by atoms with Crippen LogP contribution in [0.5, 0.6) is 0 Å². The highest BCUT2D eigenvalue weighted by molar-refractivity contribution is 8.00. The first-order valence-corrected chi connectivity index (χ1v) is 48.0. The van der Waals surface area contributed by atoms with Gasteiger partial charge in [0, 0.05) is 78.2 Å². The van der Waals surface area contributed by atoms with Crippen molar-refractivity contribution in [2.24, 2.45) is 11.7 Å². The zero-order chi connectivity index (χ0) is 102. The summed E-state index contributed by atoms with van der Waals surface area (Å²) in [7, 11) is 2.49. The highest BCUT2D eigenvalue weighted by Gasteiger charge is 2.45. The van der Waals surface area contributed by atoms with Crippen molar-refractivity contribution >= 4 is 118 Å². The average molecular weight is 1950 g/mol. The Bertz CT molecular complexity index is 5040. The van der Waals surface area contributed by atoms with Crippen molar-refractivity contribution in [2.45, 2.75) is 236 Å². The summed E-state index contributed by atoms with van der Waals surface area (Å²) in [6, 6.07) is 19.5. The second kappa shape index (κ2) is 55.4. The van der Waals surface area contributed by atoms with E-state index in [9.17, 15) is 82.4 Å². The molecule has 0 saturated carbocycles. The monoisotopic (exact) mass is 1950 g/mol. The number of rotatable bonds is 31. The Morgan fingerprint density at radius 1 is 0.475 bits per heavy atom. The van der Waals surface area contributed by atoms with E-state index >= 15 is 19.2 Å². The van der Waals surface area contributed by atoms with Crippen LogP contribution in [0.4, 0.5) is 0 Å². The summed E-state index contributed by atoms with van der Waals surface area (Å²) in [4.78, 5) is 263. The molecule has 40 nitrogen and oxygen atoms in total. The van der Waals surface area contributed by atoms with Gasteiger partial charge in [-0.15, -0.1) is 11.8 Å². The van der Waals surface area contributed by atoms with Crippen LogP contribution in [-0.2, 0) is 115 Å². The lowest BCUT2D eigenvalue weighted by Crippen LogP contribution is -2.63. The summed E-state index contributed by atoms with van der Waals surface area (Å²) in [6.07, 6.45) is -4.20. The first-order chi connectivity index (χ1) is 66.2. The molecule has 0 aliphatic carbocycles. The number of unbranched alkanes of at least 4 members (excludes halogenated alkanes) is 1. The van der Waals surface area contributed by atoms with Crippen molar-refractivity contribution in [3.8, 4) is 22.3 Å². The van der Waals surface area contributed by atoms with Crippen molar-refractivity contribution in [3.63, 3.8) is 0 Å². The van der Waals surface area contributed by atoms with Crippen LogP contribution in [0, 0.1) is 5.92 Å². The standard InChI is InChI=1S/C98H133N17O23S/c1-11-137-49-50-138-48-44-78(118)100-45-22-21-31-70(85(99)123)103-79(119)54-101-88(126)75-55-139-56-80(120)104-72(51-63-25-15-12-16-26-63)90(128)109-82(57(2)3)98(136)115-47-24-33-77(115)92(130)110-84(62(8)117)94(132)111-83(61(7)116)93(131)107-74(53-65-36-40-69(41-37-65)67-29-19-14-20-30-67)97(135)113(10)60(6)87(125)106-73(52-64-34-38-68(39-35-64)66-27-17-13-18-28-66)96(134)112(9)59(5)86(124)105-71(42-43-81(121)122)89(127)102-58(4)95(133)114-46-23-32-76(114)91(129)108-75/h12-20,25-30,34-41,57-62,70-77,82-84,116-117H,11,21-24,31-33,42-56H2,1-10H3,(H2,99,123)(H,100,118)(H,101,126)(H,102,127)(H,103,119)(H,104,120)(H,105,124)(H,106,125)(H,107,131)(H,108,129)(H,109,128)(H,110,130)(H,111,132)(H,121,122)/t58-,59-,60-,61+,62+,70-,71-,72-,73-,74-,75-,76-,77-,82-,83-,84-/m0/s1. The molecule has 41 heteroatoms. The number of carbonyl (C=O) groups excluding carboxylic acids is 17. The number of carbonyl (C=O) groups is 18. The van der Waals surface area contributed by atoms with E-state index in [0.29, 0.717) is 49.4 Å². The summed E-state index contributed by atoms with van der Waals surface area (Å²) in [6.45, 7) is 12.0. The summed E-state index contributed by atoms with van der Waals surface area (Å²) >= 11 is 0.784. The summed E-state index contributed by atoms with van der Waals surface area (Å²) in [5.74, 6) is -18.4. The van der Waals surface area contributed by atoms with Crippen LogP contribution in [0.2, 0.25) is 0 Å².